The number of rotatable bonds is 4. The predicted octanol–water partition coefficient (Wildman–Crippen LogP) is 1.48. The molecule has 0 aliphatic carbocycles. The topological polar surface area (TPSA) is 49.9 Å². The molecule has 0 amide bonds. The molecule has 0 unspecified atom stereocenters. The van der Waals surface area contributed by atoms with Gasteiger partial charge < -0.3 is 9.64 Å². The van der Waals surface area contributed by atoms with E-state index in [9.17, 15) is 12.8 Å². The van der Waals surface area contributed by atoms with Crippen molar-refractivity contribution in [1.82, 2.24) is 9.21 Å². The van der Waals surface area contributed by atoms with Crippen LogP contribution >= 0.6 is 0 Å². The van der Waals surface area contributed by atoms with E-state index in [0.29, 0.717) is 37.7 Å². The number of nitrogens with zero attached hydrogens (tertiary/aromatic N) is 2. The lowest BCUT2D eigenvalue weighted by atomic mass is 10.1. The molecule has 0 N–H and O–H groups in total. The molecule has 2 aliphatic rings. The number of hydrogen-bond acceptors (Lipinski definition) is 4. The molecule has 0 aromatic heterocycles. The minimum atomic E-state index is -3.62. The molecule has 2 fully saturated rings. The van der Waals surface area contributed by atoms with Crippen LogP contribution in [-0.2, 0) is 14.8 Å². The fourth-order valence-corrected chi connectivity index (χ4v) is 4.78. The first kappa shape index (κ1) is 16.8. The van der Waals surface area contributed by atoms with Crippen molar-refractivity contribution >= 4 is 10.0 Å². The summed E-state index contributed by atoms with van der Waals surface area (Å²) in [6.07, 6.45) is 1.08. The lowest BCUT2D eigenvalue weighted by Crippen LogP contribution is -2.49. The average molecular weight is 342 g/mol. The minimum absolute atomic E-state index is 0.0487. The fourth-order valence-electron chi connectivity index (χ4n) is 3.25. The zero-order valence-electron chi connectivity index (χ0n) is 13.4. The van der Waals surface area contributed by atoms with Crippen LogP contribution in [0.25, 0.3) is 0 Å². The number of hydrogen-bond donors (Lipinski definition) is 0. The second-order valence-electron chi connectivity index (χ2n) is 6.40. The summed E-state index contributed by atoms with van der Waals surface area (Å²) in [5, 5.41) is 0. The molecule has 128 valence electrons. The van der Waals surface area contributed by atoms with Gasteiger partial charge in [0.1, 0.15) is 5.82 Å². The summed E-state index contributed by atoms with van der Waals surface area (Å²) in [5.74, 6) is 0.0486. The van der Waals surface area contributed by atoms with Gasteiger partial charge in [0, 0.05) is 39.3 Å². The highest BCUT2D eigenvalue weighted by Gasteiger charge is 2.30. The monoisotopic (exact) mass is 342 g/mol. The van der Waals surface area contributed by atoms with Crippen molar-refractivity contribution in [2.45, 2.75) is 18.2 Å². The zero-order valence-corrected chi connectivity index (χ0v) is 14.2. The largest absolute Gasteiger partial charge is 0.381 e. The Bertz CT molecular complexity index is 631. The van der Waals surface area contributed by atoms with Gasteiger partial charge >= 0.3 is 0 Å². The smallest absolute Gasteiger partial charge is 0.243 e. The van der Waals surface area contributed by atoms with Crippen LogP contribution in [0.5, 0.6) is 0 Å². The summed E-state index contributed by atoms with van der Waals surface area (Å²) < 4.78 is 45.7. The van der Waals surface area contributed by atoms with Gasteiger partial charge in [0.25, 0.3) is 0 Å². The third-order valence-corrected chi connectivity index (χ3v) is 6.40. The molecule has 7 heteroatoms. The Hall–Kier alpha value is -1.02. The van der Waals surface area contributed by atoms with Crippen molar-refractivity contribution < 1.29 is 17.5 Å². The van der Waals surface area contributed by atoms with Crippen LogP contribution in [0, 0.1) is 18.7 Å². The molecule has 0 saturated carbocycles. The zero-order chi connectivity index (χ0) is 16.4. The Labute approximate surface area is 137 Å². The summed E-state index contributed by atoms with van der Waals surface area (Å²) in [4.78, 5) is 2.34. The normalized spacial score (nSPS) is 24.2. The van der Waals surface area contributed by atoms with Crippen LogP contribution in [-0.4, -0.2) is 63.6 Å². The summed E-state index contributed by atoms with van der Waals surface area (Å²) in [5.41, 5.74) is 0.614. The SMILES string of the molecule is Cc1cc(F)cc(S(=O)(=O)N2CCN(C[C@H]3CCOC3)CC2)c1. The summed E-state index contributed by atoms with van der Waals surface area (Å²) >= 11 is 0. The molecule has 2 heterocycles. The minimum Gasteiger partial charge on any atom is -0.381 e. The van der Waals surface area contributed by atoms with E-state index in [1.54, 1.807) is 6.92 Å². The van der Waals surface area contributed by atoms with Crippen molar-refractivity contribution in [3.05, 3.63) is 29.6 Å². The number of benzene rings is 1. The van der Waals surface area contributed by atoms with Gasteiger partial charge in [-0.2, -0.15) is 4.31 Å². The van der Waals surface area contributed by atoms with Crippen molar-refractivity contribution in [2.75, 3.05) is 45.9 Å². The highest BCUT2D eigenvalue weighted by Crippen LogP contribution is 2.21. The van der Waals surface area contributed by atoms with E-state index in [-0.39, 0.29) is 4.90 Å². The molecule has 0 radical (unpaired) electrons. The van der Waals surface area contributed by atoms with Crippen molar-refractivity contribution in [2.24, 2.45) is 5.92 Å². The van der Waals surface area contributed by atoms with Gasteiger partial charge in [0.2, 0.25) is 10.0 Å². The second-order valence-corrected chi connectivity index (χ2v) is 8.34. The molecule has 1 aromatic carbocycles. The van der Waals surface area contributed by atoms with Crippen LogP contribution in [0.3, 0.4) is 0 Å². The van der Waals surface area contributed by atoms with Gasteiger partial charge in [0.15, 0.2) is 0 Å². The highest BCUT2D eigenvalue weighted by atomic mass is 32.2. The molecule has 23 heavy (non-hydrogen) atoms. The van der Waals surface area contributed by atoms with Crippen molar-refractivity contribution in [3.63, 3.8) is 0 Å². The molecule has 1 aromatic rings. The first-order valence-electron chi connectivity index (χ1n) is 8.02. The van der Waals surface area contributed by atoms with Crippen LogP contribution in [0.1, 0.15) is 12.0 Å². The number of piperazine rings is 1. The van der Waals surface area contributed by atoms with Gasteiger partial charge in [-0.3, -0.25) is 0 Å². The van der Waals surface area contributed by atoms with Gasteiger partial charge in [-0.05, 0) is 43.0 Å². The molecule has 2 aliphatic heterocycles. The van der Waals surface area contributed by atoms with Crippen LogP contribution in [0.4, 0.5) is 4.39 Å². The Kier molecular flexibility index (Phi) is 5.01. The number of ether oxygens (including phenoxy) is 1. The molecule has 0 spiro atoms. The lowest BCUT2D eigenvalue weighted by Gasteiger charge is -2.35. The summed E-state index contributed by atoms with van der Waals surface area (Å²) in [6, 6.07) is 3.96. The van der Waals surface area contributed by atoms with Crippen LogP contribution in [0.15, 0.2) is 23.1 Å². The van der Waals surface area contributed by atoms with E-state index in [0.717, 1.165) is 32.2 Å². The van der Waals surface area contributed by atoms with E-state index in [1.165, 1.54) is 16.4 Å². The predicted molar refractivity (Wildman–Crippen MR) is 85.3 cm³/mol. The third kappa shape index (κ3) is 3.91. The molecule has 3 rings (SSSR count). The van der Waals surface area contributed by atoms with Gasteiger partial charge in [-0.15, -0.1) is 0 Å². The Morgan fingerprint density at radius 2 is 1.96 bits per heavy atom. The quantitative estimate of drug-likeness (QED) is 0.832. The van der Waals surface area contributed by atoms with Crippen molar-refractivity contribution in [1.29, 1.82) is 0 Å². The molecule has 2 saturated heterocycles. The van der Waals surface area contributed by atoms with Crippen LogP contribution in [0.2, 0.25) is 0 Å². The van der Waals surface area contributed by atoms with Gasteiger partial charge in [-0.25, -0.2) is 12.8 Å². The van der Waals surface area contributed by atoms with Crippen LogP contribution < -0.4 is 0 Å². The maximum Gasteiger partial charge on any atom is 0.243 e. The van der Waals surface area contributed by atoms with E-state index in [2.05, 4.69) is 4.90 Å². The molecular weight excluding hydrogens is 319 g/mol. The molecular formula is C16H23FN2O3S. The number of halogens is 1. The maximum atomic E-state index is 13.5. The Balaban J connectivity index is 1.63. The Morgan fingerprint density at radius 3 is 2.57 bits per heavy atom. The maximum absolute atomic E-state index is 13.5. The van der Waals surface area contributed by atoms with E-state index in [4.69, 9.17) is 4.74 Å². The molecule has 5 nitrogen and oxygen atoms in total. The summed E-state index contributed by atoms with van der Waals surface area (Å²) in [6.45, 7) is 6.63. The highest BCUT2D eigenvalue weighted by molar-refractivity contribution is 7.89. The van der Waals surface area contributed by atoms with E-state index < -0.39 is 15.8 Å². The number of sulfonamides is 1. The second kappa shape index (κ2) is 6.84. The average Bonchev–Trinajstić information content (AvgIpc) is 3.00. The first-order valence-corrected chi connectivity index (χ1v) is 9.46. The Morgan fingerprint density at radius 1 is 1.22 bits per heavy atom. The van der Waals surface area contributed by atoms with E-state index >= 15 is 0 Å². The molecule has 1 atom stereocenters. The summed E-state index contributed by atoms with van der Waals surface area (Å²) in [7, 11) is -3.62. The third-order valence-electron chi connectivity index (χ3n) is 4.53. The van der Waals surface area contributed by atoms with Gasteiger partial charge in [-0.1, -0.05) is 0 Å². The van der Waals surface area contributed by atoms with Gasteiger partial charge in [0.05, 0.1) is 11.5 Å². The van der Waals surface area contributed by atoms with Crippen molar-refractivity contribution in [3.8, 4) is 0 Å². The van der Waals surface area contributed by atoms with E-state index in [1.807, 2.05) is 0 Å². The lowest BCUT2D eigenvalue weighted by molar-refractivity contribution is 0.143. The first-order chi connectivity index (χ1) is 10.9. The molecule has 0 bridgehead atoms. The fraction of sp³-hybridized carbons (Fsp3) is 0.625. The number of aryl methyl sites for hydroxylation is 1. The standard InChI is InChI=1S/C16H23FN2O3S/c1-13-8-15(17)10-16(9-13)23(20,21)19-5-3-18(4-6-19)11-14-2-7-22-12-14/h8-10,14H,2-7,11-12H2,1H3/t14-/m1/s1.